The number of carbonyl (C=O) groups is 1. The lowest BCUT2D eigenvalue weighted by Gasteiger charge is -2.27. The minimum Gasteiger partial charge on any atom is -0.389 e. The quantitative estimate of drug-likeness (QED) is 0.619. The summed E-state index contributed by atoms with van der Waals surface area (Å²) in [6, 6.07) is -0.556. The topological polar surface area (TPSA) is 66.6 Å². The third kappa shape index (κ3) is 4.99. The van der Waals surface area contributed by atoms with E-state index in [1.807, 2.05) is 0 Å². The molecule has 0 aromatic rings. The van der Waals surface area contributed by atoms with Gasteiger partial charge in [-0.05, 0) is 20.3 Å². The number of nitrogens with two attached hydrogens (primary N) is 1. The average molecular weight is 200 g/mol. The van der Waals surface area contributed by atoms with E-state index in [9.17, 15) is 9.90 Å². The van der Waals surface area contributed by atoms with Crippen LogP contribution in [0.15, 0.2) is 12.7 Å². The predicted molar refractivity (Wildman–Crippen MR) is 56.7 cm³/mol. The summed E-state index contributed by atoms with van der Waals surface area (Å²) in [5.74, 6) is -0.174. The third-order valence-corrected chi connectivity index (χ3v) is 1.74. The molecule has 0 aliphatic heterocycles. The maximum atomic E-state index is 11.6. The van der Waals surface area contributed by atoms with Crippen molar-refractivity contribution in [2.75, 3.05) is 13.6 Å². The van der Waals surface area contributed by atoms with Gasteiger partial charge < -0.3 is 15.7 Å². The summed E-state index contributed by atoms with van der Waals surface area (Å²) in [5, 5.41) is 9.49. The summed E-state index contributed by atoms with van der Waals surface area (Å²) in [7, 11) is 1.63. The second-order valence-corrected chi connectivity index (χ2v) is 4.14. The molecule has 4 heteroatoms. The Labute approximate surface area is 85.4 Å². The van der Waals surface area contributed by atoms with Gasteiger partial charge in [0.15, 0.2) is 0 Å². The van der Waals surface area contributed by atoms with Gasteiger partial charge in [0, 0.05) is 13.6 Å². The van der Waals surface area contributed by atoms with E-state index >= 15 is 0 Å². The van der Waals surface area contributed by atoms with Crippen LogP contribution in [0.4, 0.5) is 0 Å². The van der Waals surface area contributed by atoms with Crippen molar-refractivity contribution in [1.29, 1.82) is 0 Å². The molecule has 0 heterocycles. The minimum absolute atomic E-state index is 0.174. The number of hydrogen-bond donors (Lipinski definition) is 2. The van der Waals surface area contributed by atoms with Gasteiger partial charge in [-0.3, -0.25) is 4.79 Å². The van der Waals surface area contributed by atoms with Gasteiger partial charge in [0.1, 0.15) is 0 Å². The van der Waals surface area contributed by atoms with Crippen molar-refractivity contribution in [3.63, 3.8) is 0 Å². The van der Waals surface area contributed by atoms with Crippen LogP contribution < -0.4 is 5.73 Å². The highest BCUT2D eigenvalue weighted by atomic mass is 16.3. The number of amides is 1. The first-order valence-electron chi connectivity index (χ1n) is 4.62. The van der Waals surface area contributed by atoms with Crippen LogP contribution in [-0.4, -0.2) is 41.1 Å². The van der Waals surface area contributed by atoms with Gasteiger partial charge in [0.25, 0.3) is 0 Å². The zero-order valence-electron chi connectivity index (χ0n) is 9.16. The zero-order valence-corrected chi connectivity index (χ0v) is 9.16. The van der Waals surface area contributed by atoms with Crippen molar-refractivity contribution in [1.82, 2.24) is 4.90 Å². The van der Waals surface area contributed by atoms with Gasteiger partial charge in [0.2, 0.25) is 5.91 Å². The van der Waals surface area contributed by atoms with Crippen molar-refractivity contribution in [3.05, 3.63) is 12.7 Å². The van der Waals surface area contributed by atoms with Crippen molar-refractivity contribution < 1.29 is 9.90 Å². The van der Waals surface area contributed by atoms with Crippen LogP contribution in [0.5, 0.6) is 0 Å². The summed E-state index contributed by atoms with van der Waals surface area (Å²) in [4.78, 5) is 13.0. The number of hydrogen-bond acceptors (Lipinski definition) is 3. The van der Waals surface area contributed by atoms with Gasteiger partial charge in [-0.25, -0.2) is 0 Å². The summed E-state index contributed by atoms with van der Waals surface area (Å²) >= 11 is 0. The standard InChI is InChI=1S/C10H20N2O2/c1-5-6-8(11)9(13)12(4)7-10(2,3)14/h5,8,14H,1,6-7,11H2,2-4H3. The van der Waals surface area contributed by atoms with Gasteiger partial charge >= 0.3 is 0 Å². The highest BCUT2D eigenvalue weighted by molar-refractivity contribution is 5.81. The fourth-order valence-electron chi connectivity index (χ4n) is 1.22. The molecule has 0 radical (unpaired) electrons. The second kappa shape index (κ2) is 5.12. The SMILES string of the molecule is C=CCC(N)C(=O)N(C)CC(C)(C)O. The Kier molecular flexibility index (Phi) is 4.80. The van der Waals surface area contributed by atoms with Crippen molar-refractivity contribution in [3.8, 4) is 0 Å². The lowest BCUT2D eigenvalue weighted by molar-refractivity contribution is -0.133. The molecule has 0 aliphatic carbocycles. The highest BCUT2D eigenvalue weighted by Gasteiger charge is 2.22. The molecular formula is C10H20N2O2. The maximum Gasteiger partial charge on any atom is 0.239 e. The maximum absolute atomic E-state index is 11.6. The molecule has 0 aromatic carbocycles. The molecule has 0 bridgehead atoms. The first-order chi connectivity index (χ1) is 6.28. The molecule has 1 atom stereocenters. The number of carbonyl (C=O) groups excluding carboxylic acids is 1. The Morgan fingerprint density at radius 1 is 1.71 bits per heavy atom. The van der Waals surface area contributed by atoms with E-state index in [1.54, 1.807) is 27.0 Å². The van der Waals surface area contributed by atoms with E-state index in [0.29, 0.717) is 6.42 Å². The van der Waals surface area contributed by atoms with E-state index < -0.39 is 11.6 Å². The van der Waals surface area contributed by atoms with E-state index in [2.05, 4.69) is 6.58 Å². The smallest absolute Gasteiger partial charge is 0.239 e. The van der Waals surface area contributed by atoms with Gasteiger partial charge in [-0.15, -0.1) is 6.58 Å². The molecule has 0 aromatic heterocycles. The summed E-state index contributed by atoms with van der Waals surface area (Å²) in [5.41, 5.74) is 4.71. The Morgan fingerprint density at radius 2 is 2.21 bits per heavy atom. The molecular weight excluding hydrogens is 180 g/mol. The molecule has 0 saturated heterocycles. The van der Waals surface area contributed by atoms with Crippen LogP contribution in [-0.2, 0) is 4.79 Å². The average Bonchev–Trinajstić information content (AvgIpc) is 2.00. The highest BCUT2D eigenvalue weighted by Crippen LogP contribution is 2.05. The number of nitrogens with zero attached hydrogens (tertiary/aromatic N) is 1. The normalized spacial score (nSPS) is 13.5. The van der Waals surface area contributed by atoms with E-state index in [4.69, 9.17) is 5.73 Å². The molecule has 3 N–H and O–H groups in total. The van der Waals surface area contributed by atoms with Crippen LogP contribution in [0.25, 0.3) is 0 Å². The molecule has 4 nitrogen and oxygen atoms in total. The largest absolute Gasteiger partial charge is 0.389 e. The lowest BCUT2D eigenvalue weighted by Crippen LogP contribution is -2.46. The Morgan fingerprint density at radius 3 is 2.57 bits per heavy atom. The van der Waals surface area contributed by atoms with Crippen LogP contribution in [0, 0.1) is 0 Å². The number of aliphatic hydroxyl groups is 1. The van der Waals surface area contributed by atoms with Gasteiger partial charge in [0.05, 0.1) is 11.6 Å². The molecule has 0 rings (SSSR count). The molecule has 14 heavy (non-hydrogen) atoms. The first-order valence-corrected chi connectivity index (χ1v) is 4.62. The van der Waals surface area contributed by atoms with Crippen LogP contribution in [0.2, 0.25) is 0 Å². The van der Waals surface area contributed by atoms with Crippen LogP contribution >= 0.6 is 0 Å². The lowest BCUT2D eigenvalue weighted by atomic mass is 10.1. The fourth-order valence-corrected chi connectivity index (χ4v) is 1.22. The van der Waals surface area contributed by atoms with Crippen molar-refractivity contribution in [2.24, 2.45) is 5.73 Å². The summed E-state index contributed by atoms with van der Waals surface area (Å²) in [6.45, 7) is 7.09. The molecule has 0 fully saturated rings. The molecule has 0 saturated carbocycles. The number of rotatable bonds is 5. The summed E-state index contributed by atoms with van der Waals surface area (Å²) in [6.07, 6.45) is 2.07. The summed E-state index contributed by atoms with van der Waals surface area (Å²) < 4.78 is 0. The molecule has 0 spiro atoms. The van der Waals surface area contributed by atoms with Crippen molar-refractivity contribution in [2.45, 2.75) is 31.9 Å². The van der Waals surface area contributed by atoms with E-state index in [0.717, 1.165) is 0 Å². The van der Waals surface area contributed by atoms with Crippen LogP contribution in [0.3, 0.4) is 0 Å². The Bertz CT molecular complexity index is 209. The van der Waals surface area contributed by atoms with Crippen LogP contribution in [0.1, 0.15) is 20.3 Å². The number of likely N-dealkylation sites (N-methyl/N-ethyl adjacent to an activating group) is 1. The molecule has 1 amide bonds. The molecule has 0 aliphatic rings. The monoisotopic (exact) mass is 200 g/mol. The van der Waals surface area contributed by atoms with Crippen molar-refractivity contribution >= 4 is 5.91 Å². The Hall–Kier alpha value is -0.870. The minimum atomic E-state index is -0.891. The van der Waals surface area contributed by atoms with E-state index in [1.165, 1.54) is 4.90 Å². The van der Waals surface area contributed by atoms with E-state index in [-0.39, 0.29) is 12.5 Å². The second-order valence-electron chi connectivity index (χ2n) is 4.14. The molecule has 1 unspecified atom stereocenters. The first kappa shape index (κ1) is 13.1. The zero-order chi connectivity index (χ0) is 11.4. The Balaban J connectivity index is 4.18. The fraction of sp³-hybridized carbons (Fsp3) is 0.700. The van der Waals surface area contributed by atoms with Gasteiger partial charge in [-0.1, -0.05) is 6.08 Å². The molecule has 82 valence electrons. The third-order valence-electron chi connectivity index (χ3n) is 1.74. The van der Waals surface area contributed by atoms with Gasteiger partial charge in [-0.2, -0.15) is 0 Å². The predicted octanol–water partition coefficient (Wildman–Crippen LogP) is 0.119.